The summed E-state index contributed by atoms with van der Waals surface area (Å²) >= 11 is 0. The molecule has 0 aliphatic heterocycles. The van der Waals surface area contributed by atoms with Crippen molar-refractivity contribution in [2.75, 3.05) is 31.5 Å². The Morgan fingerprint density at radius 3 is 2.33 bits per heavy atom. The SMILES string of the molecule is CCCCNC(=O)[C@H](CC)N(Cc1cccc(C)c1)C(=O)CN(c1ccccc1F)S(=O)(=O)N(C)C. The third-order valence-electron chi connectivity index (χ3n) is 5.79. The molecule has 198 valence electrons. The van der Waals surface area contributed by atoms with Gasteiger partial charge >= 0.3 is 10.2 Å². The fourth-order valence-electron chi connectivity index (χ4n) is 3.79. The van der Waals surface area contributed by atoms with Crippen molar-refractivity contribution >= 4 is 27.7 Å². The highest BCUT2D eigenvalue weighted by atomic mass is 32.2. The molecule has 0 radical (unpaired) electrons. The van der Waals surface area contributed by atoms with Gasteiger partial charge < -0.3 is 10.2 Å². The molecule has 0 unspecified atom stereocenters. The second kappa shape index (κ2) is 13.4. The van der Waals surface area contributed by atoms with Crippen molar-refractivity contribution in [3.63, 3.8) is 0 Å². The maximum Gasteiger partial charge on any atom is 0.304 e. The van der Waals surface area contributed by atoms with E-state index in [0.29, 0.717) is 13.0 Å². The number of amides is 2. The van der Waals surface area contributed by atoms with E-state index in [4.69, 9.17) is 0 Å². The Bertz CT molecular complexity index is 1140. The summed E-state index contributed by atoms with van der Waals surface area (Å²) in [6.07, 6.45) is 2.04. The predicted octanol–water partition coefficient (Wildman–Crippen LogP) is 3.47. The number of nitrogens with one attached hydrogen (secondary N) is 1. The van der Waals surface area contributed by atoms with E-state index in [9.17, 15) is 22.4 Å². The molecule has 8 nitrogen and oxygen atoms in total. The first-order chi connectivity index (χ1) is 17.0. The molecule has 2 aromatic rings. The van der Waals surface area contributed by atoms with Crippen LogP contribution < -0.4 is 9.62 Å². The molecule has 0 saturated carbocycles. The van der Waals surface area contributed by atoms with Gasteiger partial charge in [-0.05, 0) is 37.5 Å². The van der Waals surface area contributed by atoms with E-state index >= 15 is 0 Å². The minimum absolute atomic E-state index is 0.105. The maximum atomic E-state index is 14.7. The third-order valence-corrected chi connectivity index (χ3v) is 7.60. The first-order valence-electron chi connectivity index (χ1n) is 12.1. The molecule has 36 heavy (non-hydrogen) atoms. The van der Waals surface area contributed by atoms with Crippen LogP contribution in [0.5, 0.6) is 0 Å². The van der Waals surface area contributed by atoms with Crippen molar-refractivity contribution in [3.05, 3.63) is 65.5 Å². The molecule has 1 atom stereocenters. The second-order valence-corrected chi connectivity index (χ2v) is 10.9. The largest absolute Gasteiger partial charge is 0.354 e. The van der Waals surface area contributed by atoms with Crippen molar-refractivity contribution in [1.82, 2.24) is 14.5 Å². The lowest BCUT2D eigenvalue weighted by molar-refractivity contribution is -0.140. The van der Waals surface area contributed by atoms with Gasteiger partial charge in [0.2, 0.25) is 11.8 Å². The molecule has 10 heteroatoms. The van der Waals surface area contributed by atoms with E-state index in [-0.39, 0.29) is 18.1 Å². The van der Waals surface area contributed by atoms with E-state index in [1.54, 1.807) is 6.92 Å². The second-order valence-electron chi connectivity index (χ2n) is 8.83. The van der Waals surface area contributed by atoms with Crippen LogP contribution in [0.2, 0.25) is 0 Å². The van der Waals surface area contributed by atoms with Gasteiger partial charge in [0, 0.05) is 27.2 Å². The first kappa shape index (κ1) is 29.3. The van der Waals surface area contributed by atoms with Crippen LogP contribution in [-0.4, -0.2) is 62.7 Å². The number of hydrogen-bond acceptors (Lipinski definition) is 4. The molecule has 2 aromatic carbocycles. The normalized spacial score (nSPS) is 12.3. The minimum atomic E-state index is -4.21. The molecule has 2 rings (SSSR count). The van der Waals surface area contributed by atoms with Crippen molar-refractivity contribution in [3.8, 4) is 0 Å². The zero-order valence-corrected chi connectivity index (χ0v) is 22.5. The molecule has 0 bridgehead atoms. The summed E-state index contributed by atoms with van der Waals surface area (Å²) in [7, 11) is -1.59. The average Bonchev–Trinajstić information content (AvgIpc) is 2.83. The van der Waals surface area contributed by atoms with Crippen LogP contribution >= 0.6 is 0 Å². The van der Waals surface area contributed by atoms with Crippen LogP contribution in [0.1, 0.15) is 44.2 Å². The summed E-state index contributed by atoms with van der Waals surface area (Å²) in [5, 5.41) is 2.88. The van der Waals surface area contributed by atoms with Crippen LogP contribution in [0.25, 0.3) is 0 Å². The highest BCUT2D eigenvalue weighted by molar-refractivity contribution is 7.90. The van der Waals surface area contributed by atoms with Gasteiger partial charge in [-0.15, -0.1) is 0 Å². The highest BCUT2D eigenvalue weighted by Crippen LogP contribution is 2.24. The summed E-state index contributed by atoms with van der Waals surface area (Å²) in [6.45, 7) is 5.66. The lowest BCUT2D eigenvalue weighted by atomic mass is 10.1. The first-order valence-corrected chi connectivity index (χ1v) is 13.5. The van der Waals surface area contributed by atoms with Crippen molar-refractivity contribution < 1.29 is 22.4 Å². The van der Waals surface area contributed by atoms with Gasteiger partial charge in [-0.3, -0.25) is 9.59 Å². The number of halogens is 1. The molecule has 0 spiro atoms. The van der Waals surface area contributed by atoms with Crippen molar-refractivity contribution in [2.45, 2.75) is 52.6 Å². The molecule has 0 aliphatic rings. The monoisotopic (exact) mass is 520 g/mol. The van der Waals surface area contributed by atoms with E-state index < -0.39 is 34.5 Å². The predicted molar refractivity (Wildman–Crippen MR) is 140 cm³/mol. The van der Waals surface area contributed by atoms with Crippen LogP contribution in [0.4, 0.5) is 10.1 Å². The number of unbranched alkanes of at least 4 members (excludes halogenated alkanes) is 1. The fourth-order valence-corrected chi connectivity index (χ4v) is 4.85. The van der Waals surface area contributed by atoms with Crippen molar-refractivity contribution in [1.29, 1.82) is 0 Å². The number of carbonyl (C=O) groups excluding carboxylic acids is 2. The lowest BCUT2D eigenvalue weighted by Gasteiger charge is -2.34. The number of carbonyl (C=O) groups is 2. The van der Waals surface area contributed by atoms with E-state index in [0.717, 1.165) is 38.6 Å². The van der Waals surface area contributed by atoms with Crippen molar-refractivity contribution in [2.24, 2.45) is 0 Å². The number of para-hydroxylation sites is 1. The number of aryl methyl sites for hydroxylation is 1. The van der Waals surface area contributed by atoms with E-state index in [1.807, 2.05) is 38.1 Å². The summed E-state index contributed by atoms with van der Waals surface area (Å²) < 4.78 is 42.6. The molecule has 0 saturated heterocycles. The smallest absolute Gasteiger partial charge is 0.304 e. The van der Waals surface area contributed by atoms with Gasteiger partial charge in [-0.2, -0.15) is 12.7 Å². The van der Waals surface area contributed by atoms with Gasteiger partial charge in [0.15, 0.2) is 0 Å². The number of nitrogens with zero attached hydrogens (tertiary/aromatic N) is 3. The average molecular weight is 521 g/mol. The zero-order chi connectivity index (χ0) is 26.9. The molecular formula is C26H37FN4O4S. The third kappa shape index (κ3) is 7.51. The quantitative estimate of drug-likeness (QED) is 0.410. The molecule has 0 aromatic heterocycles. The summed E-state index contributed by atoms with van der Waals surface area (Å²) in [6, 6.07) is 12.1. The van der Waals surface area contributed by atoms with E-state index in [2.05, 4.69) is 5.32 Å². The molecule has 2 amide bonds. The van der Waals surface area contributed by atoms with Gasteiger partial charge in [0.1, 0.15) is 18.4 Å². The molecule has 0 aliphatic carbocycles. The van der Waals surface area contributed by atoms with Gasteiger partial charge in [-0.1, -0.05) is 62.2 Å². The Hall–Kier alpha value is -2.98. The van der Waals surface area contributed by atoms with Crippen LogP contribution in [0.3, 0.4) is 0 Å². The fraction of sp³-hybridized carbons (Fsp3) is 0.462. The molecule has 0 heterocycles. The number of hydrogen-bond donors (Lipinski definition) is 1. The minimum Gasteiger partial charge on any atom is -0.354 e. The van der Waals surface area contributed by atoms with Crippen LogP contribution in [0.15, 0.2) is 48.5 Å². The summed E-state index contributed by atoms with van der Waals surface area (Å²) in [5.41, 5.74) is 1.55. The Kier molecular flexibility index (Phi) is 10.9. The summed E-state index contributed by atoms with van der Waals surface area (Å²) in [5.74, 6) is -1.69. The Morgan fingerprint density at radius 2 is 1.75 bits per heavy atom. The zero-order valence-electron chi connectivity index (χ0n) is 21.7. The Morgan fingerprint density at radius 1 is 1.06 bits per heavy atom. The van der Waals surface area contributed by atoms with Gasteiger partial charge in [0.25, 0.3) is 0 Å². The van der Waals surface area contributed by atoms with Crippen LogP contribution in [-0.2, 0) is 26.3 Å². The highest BCUT2D eigenvalue weighted by Gasteiger charge is 2.34. The maximum absolute atomic E-state index is 14.7. The molecule has 1 N–H and O–H groups in total. The van der Waals surface area contributed by atoms with Gasteiger partial charge in [-0.25, -0.2) is 8.70 Å². The summed E-state index contributed by atoms with van der Waals surface area (Å²) in [4.78, 5) is 28.2. The lowest BCUT2D eigenvalue weighted by Crippen LogP contribution is -2.53. The van der Waals surface area contributed by atoms with Gasteiger partial charge in [0.05, 0.1) is 5.69 Å². The number of anilines is 1. The topological polar surface area (TPSA) is 90.0 Å². The Labute approximate surface area is 214 Å². The molecular weight excluding hydrogens is 483 g/mol. The van der Waals surface area contributed by atoms with E-state index in [1.165, 1.54) is 37.2 Å². The molecule has 0 fully saturated rings. The Balaban J connectivity index is 2.48. The standard InChI is InChI=1S/C26H37FN4O4S/c1-6-8-16-28-26(33)23(7-2)30(18-21-13-11-12-20(3)17-21)25(32)19-31(36(34,35)29(4)5)24-15-10-9-14-22(24)27/h9-15,17,23H,6-8,16,18-19H2,1-5H3,(H,28,33)/t23-/m0/s1. The van der Waals surface area contributed by atoms with Crippen LogP contribution in [0, 0.1) is 12.7 Å². The number of rotatable bonds is 13. The number of benzene rings is 2.